The van der Waals surface area contributed by atoms with Gasteiger partial charge in [-0.25, -0.2) is 9.18 Å². The zero-order valence-corrected chi connectivity index (χ0v) is 12.1. The number of carbonyl (C=O) groups is 1. The van der Waals surface area contributed by atoms with E-state index < -0.39 is 11.8 Å². The van der Waals surface area contributed by atoms with Crippen LogP contribution in [0.2, 0.25) is 5.02 Å². The minimum atomic E-state index is -0.561. The first-order valence-electron chi connectivity index (χ1n) is 6.30. The number of para-hydroxylation sites is 1. The van der Waals surface area contributed by atoms with Crippen LogP contribution in [0, 0.1) is 5.82 Å². The van der Waals surface area contributed by atoms with Gasteiger partial charge in [0.25, 0.3) is 0 Å². The number of halogens is 2. The van der Waals surface area contributed by atoms with Crippen molar-refractivity contribution < 1.29 is 13.9 Å². The maximum atomic E-state index is 13.5. The van der Waals surface area contributed by atoms with E-state index in [4.69, 9.17) is 22.1 Å². The smallest absolute Gasteiger partial charge is 0.340 e. The molecule has 0 radical (unpaired) electrons. The van der Waals surface area contributed by atoms with Crippen molar-refractivity contribution in [1.82, 2.24) is 0 Å². The first-order chi connectivity index (χ1) is 10.0. The molecule has 0 saturated heterocycles. The van der Waals surface area contributed by atoms with Gasteiger partial charge < -0.3 is 15.8 Å². The molecule has 0 bridgehead atoms. The molecule has 0 unspecified atom stereocenters. The Morgan fingerprint density at radius 1 is 1.38 bits per heavy atom. The lowest BCUT2D eigenvalue weighted by molar-refractivity contribution is 0.0527. The molecule has 0 aromatic heterocycles. The fraction of sp³-hybridized carbons (Fsp3) is 0.133. The molecule has 0 saturated carbocycles. The van der Waals surface area contributed by atoms with Crippen LogP contribution in [0.25, 0.3) is 0 Å². The molecular formula is C15H14ClFN2O2. The van der Waals surface area contributed by atoms with E-state index in [2.05, 4.69) is 5.32 Å². The summed E-state index contributed by atoms with van der Waals surface area (Å²) in [5.74, 6) is -1.06. The number of nitrogens with two attached hydrogens (primary N) is 1. The number of ether oxygens (including phenoxy) is 1. The number of nitrogens with one attached hydrogen (secondary N) is 1. The molecule has 0 amide bonds. The minimum Gasteiger partial charge on any atom is -0.462 e. The van der Waals surface area contributed by atoms with Crippen LogP contribution in [0.4, 0.5) is 21.5 Å². The average molecular weight is 309 g/mol. The van der Waals surface area contributed by atoms with E-state index in [1.807, 2.05) is 0 Å². The lowest BCUT2D eigenvalue weighted by Crippen LogP contribution is -2.09. The van der Waals surface area contributed by atoms with Gasteiger partial charge in [-0.05, 0) is 37.3 Å². The summed E-state index contributed by atoms with van der Waals surface area (Å²) in [7, 11) is 0. The van der Waals surface area contributed by atoms with Crippen LogP contribution in [0.5, 0.6) is 0 Å². The molecule has 2 aromatic carbocycles. The van der Waals surface area contributed by atoms with E-state index in [1.165, 1.54) is 12.1 Å². The second-order valence-corrected chi connectivity index (χ2v) is 4.65. The van der Waals surface area contributed by atoms with Gasteiger partial charge in [0.15, 0.2) is 0 Å². The summed E-state index contributed by atoms with van der Waals surface area (Å²) in [4.78, 5) is 11.9. The second kappa shape index (κ2) is 6.45. The third-order valence-electron chi connectivity index (χ3n) is 2.78. The topological polar surface area (TPSA) is 64.3 Å². The summed E-state index contributed by atoms with van der Waals surface area (Å²) in [5.41, 5.74) is 7.33. The number of nitrogen functional groups attached to an aromatic ring is 1. The first kappa shape index (κ1) is 15.1. The van der Waals surface area contributed by atoms with Gasteiger partial charge in [-0.1, -0.05) is 17.7 Å². The SMILES string of the molecule is CCOC(=O)c1cccc(N)c1Nc1ccc(Cl)c(F)c1. The summed E-state index contributed by atoms with van der Waals surface area (Å²) in [5, 5.41) is 2.94. The molecule has 0 atom stereocenters. The largest absolute Gasteiger partial charge is 0.462 e. The third kappa shape index (κ3) is 3.44. The van der Waals surface area contributed by atoms with E-state index >= 15 is 0 Å². The van der Waals surface area contributed by atoms with Gasteiger partial charge >= 0.3 is 5.97 Å². The fourth-order valence-electron chi connectivity index (χ4n) is 1.81. The van der Waals surface area contributed by atoms with Crippen LogP contribution in [-0.2, 0) is 4.74 Å². The Morgan fingerprint density at radius 2 is 2.14 bits per heavy atom. The van der Waals surface area contributed by atoms with E-state index in [1.54, 1.807) is 31.2 Å². The van der Waals surface area contributed by atoms with Gasteiger partial charge in [-0.15, -0.1) is 0 Å². The molecule has 110 valence electrons. The number of carbonyl (C=O) groups excluding carboxylic acids is 1. The van der Waals surface area contributed by atoms with Gasteiger partial charge in [0.05, 0.1) is 28.6 Å². The first-order valence-corrected chi connectivity index (χ1v) is 6.68. The van der Waals surface area contributed by atoms with Crippen molar-refractivity contribution in [2.75, 3.05) is 17.7 Å². The van der Waals surface area contributed by atoms with Crippen LogP contribution >= 0.6 is 11.6 Å². The van der Waals surface area contributed by atoms with Crippen LogP contribution in [0.3, 0.4) is 0 Å². The number of rotatable bonds is 4. The molecule has 0 spiro atoms. The Balaban J connectivity index is 2.38. The average Bonchev–Trinajstić information content (AvgIpc) is 2.45. The molecule has 0 fully saturated rings. The number of benzene rings is 2. The highest BCUT2D eigenvalue weighted by Gasteiger charge is 2.15. The summed E-state index contributed by atoms with van der Waals surface area (Å²) in [6, 6.07) is 9.11. The highest BCUT2D eigenvalue weighted by molar-refractivity contribution is 6.30. The van der Waals surface area contributed by atoms with Crippen molar-refractivity contribution in [3.63, 3.8) is 0 Å². The van der Waals surface area contributed by atoms with E-state index in [0.29, 0.717) is 17.1 Å². The quantitative estimate of drug-likeness (QED) is 0.662. The van der Waals surface area contributed by atoms with E-state index in [-0.39, 0.29) is 17.2 Å². The van der Waals surface area contributed by atoms with Crippen molar-refractivity contribution in [1.29, 1.82) is 0 Å². The predicted octanol–water partition coefficient (Wildman–Crippen LogP) is 3.98. The Hall–Kier alpha value is -2.27. The summed E-state index contributed by atoms with van der Waals surface area (Å²) in [6.07, 6.45) is 0. The lowest BCUT2D eigenvalue weighted by Gasteiger charge is -2.14. The van der Waals surface area contributed by atoms with E-state index in [0.717, 1.165) is 0 Å². The van der Waals surface area contributed by atoms with Crippen molar-refractivity contribution >= 4 is 34.6 Å². The van der Waals surface area contributed by atoms with Crippen molar-refractivity contribution in [3.05, 3.63) is 52.8 Å². The molecule has 4 nitrogen and oxygen atoms in total. The van der Waals surface area contributed by atoms with Gasteiger partial charge in [0.1, 0.15) is 5.82 Å². The normalized spacial score (nSPS) is 10.2. The van der Waals surface area contributed by atoms with Gasteiger partial charge in [-0.2, -0.15) is 0 Å². The minimum absolute atomic E-state index is 0.0206. The second-order valence-electron chi connectivity index (χ2n) is 4.24. The number of hydrogen-bond donors (Lipinski definition) is 2. The zero-order chi connectivity index (χ0) is 15.4. The molecular weight excluding hydrogens is 295 g/mol. The Labute approximate surface area is 126 Å². The van der Waals surface area contributed by atoms with Crippen LogP contribution in [0.15, 0.2) is 36.4 Å². The molecule has 0 heterocycles. The summed E-state index contributed by atoms with van der Waals surface area (Å²) in [6.45, 7) is 1.97. The predicted molar refractivity (Wildman–Crippen MR) is 81.5 cm³/mol. The van der Waals surface area contributed by atoms with E-state index in [9.17, 15) is 9.18 Å². The third-order valence-corrected chi connectivity index (χ3v) is 3.09. The maximum Gasteiger partial charge on any atom is 0.340 e. The summed E-state index contributed by atoms with van der Waals surface area (Å²) >= 11 is 5.64. The molecule has 0 aliphatic heterocycles. The number of esters is 1. The van der Waals surface area contributed by atoms with Crippen LogP contribution in [-0.4, -0.2) is 12.6 Å². The standard InChI is InChI=1S/C15H14ClFN2O2/c1-2-21-15(20)10-4-3-5-13(18)14(10)19-9-6-7-11(16)12(17)8-9/h3-8,19H,2,18H2,1H3. The van der Waals surface area contributed by atoms with Gasteiger partial charge in [-0.3, -0.25) is 0 Å². The molecule has 3 N–H and O–H groups in total. The fourth-order valence-corrected chi connectivity index (χ4v) is 1.92. The van der Waals surface area contributed by atoms with Crippen molar-refractivity contribution in [3.8, 4) is 0 Å². The Bertz CT molecular complexity index is 677. The van der Waals surface area contributed by atoms with Gasteiger partial charge in [0.2, 0.25) is 0 Å². The molecule has 2 aromatic rings. The Morgan fingerprint density at radius 3 is 2.81 bits per heavy atom. The molecule has 6 heteroatoms. The number of hydrogen-bond acceptors (Lipinski definition) is 4. The van der Waals surface area contributed by atoms with Crippen molar-refractivity contribution in [2.45, 2.75) is 6.92 Å². The summed E-state index contributed by atoms with van der Waals surface area (Å²) < 4.78 is 18.4. The maximum absolute atomic E-state index is 13.5. The number of anilines is 3. The zero-order valence-electron chi connectivity index (χ0n) is 11.3. The lowest BCUT2D eigenvalue weighted by atomic mass is 10.1. The van der Waals surface area contributed by atoms with Crippen LogP contribution in [0.1, 0.15) is 17.3 Å². The van der Waals surface area contributed by atoms with Gasteiger partial charge in [0, 0.05) is 5.69 Å². The highest BCUT2D eigenvalue weighted by Crippen LogP contribution is 2.29. The highest BCUT2D eigenvalue weighted by atomic mass is 35.5. The molecule has 0 aliphatic rings. The van der Waals surface area contributed by atoms with Crippen molar-refractivity contribution in [2.24, 2.45) is 0 Å². The van der Waals surface area contributed by atoms with Crippen LogP contribution < -0.4 is 11.1 Å². The molecule has 21 heavy (non-hydrogen) atoms. The monoisotopic (exact) mass is 308 g/mol. The molecule has 2 rings (SSSR count). The molecule has 0 aliphatic carbocycles. The Kier molecular flexibility index (Phi) is 4.65.